The molecule has 6 heteroatoms. The quantitative estimate of drug-likeness (QED) is 0.677. The van der Waals surface area contributed by atoms with E-state index >= 15 is 0 Å². The summed E-state index contributed by atoms with van der Waals surface area (Å²) >= 11 is 6.86. The Labute approximate surface area is 152 Å². The van der Waals surface area contributed by atoms with Crippen LogP contribution in [0.4, 0.5) is 5.69 Å². The van der Waals surface area contributed by atoms with Gasteiger partial charge in [0.25, 0.3) is 0 Å². The van der Waals surface area contributed by atoms with Crippen molar-refractivity contribution >= 4 is 43.5 Å². The molecule has 1 heterocycles. The molecule has 2 aromatic carbocycles. The van der Waals surface area contributed by atoms with Crippen LogP contribution in [-0.2, 0) is 4.79 Å². The maximum Gasteiger partial charge on any atom is 0.242 e. The number of aryl methyl sites for hydroxylation is 1. The molecule has 23 heavy (non-hydrogen) atoms. The lowest BCUT2D eigenvalue weighted by molar-refractivity contribution is -0.117. The normalized spacial score (nSPS) is 20.5. The number of carbonyl (C=O) groups excluding carboxylic acids is 1. The SMILES string of the molecule is Cc1cc(Br)ccc1NC(=O)C1CC(c2ccc(Br)cc2)NN1. The van der Waals surface area contributed by atoms with Gasteiger partial charge in [-0.1, -0.05) is 44.0 Å². The molecule has 0 aliphatic carbocycles. The molecule has 120 valence electrons. The maximum absolute atomic E-state index is 12.5. The van der Waals surface area contributed by atoms with Crippen molar-refractivity contribution in [3.63, 3.8) is 0 Å². The summed E-state index contributed by atoms with van der Waals surface area (Å²) in [4.78, 5) is 12.5. The third kappa shape index (κ3) is 4.01. The Morgan fingerprint density at radius 1 is 1.09 bits per heavy atom. The topological polar surface area (TPSA) is 53.2 Å². The summed E-state index contributed by atoms with van der Waals surface area (Å²) in [6.45, 7) is 1.98. The van der Waals surface area contributed by atoms with Gasteiger partial charge in [0, 0.05) is 20.7 Å². The van der Waals surface area contributed by atoms with Crippen LogP contribution in [0, 0.1) is 6.92 Å². The van der Waals surface area contributed by atoms with E-state index in [1.54, 1.807) is 0 Å². The highest BCUT2D eigenvalue weighted by Gasteiger charge is 2.30. The second kappa shape index (κ2) is 7.13. The van der Waals surface area contributed by atoms with Crippen LogP contribution in [0.1, 0.15) is 23.6 Å². The summed E-state index contributed by atoms with van der Waals surface area (Å²) < 4.78 is 2.05. The van der Waals surface area contributed by atoms with Crippen molar-refractivity contribution in [2.75, 3.05) is 5.32 Å². The number of halogens is 2. The summed E-state index contributed by atoms with van der Waals surface area (Å²) in [5.41, 5.74) is 9.32. The Kier molecular flexibility index (Phi) is 5.16. The molecule has 3 rings (SSSR count). The minimum atomic E-state index is -0.258. The zero-order chi connectivity index (χ0) is 16.4. The molecule has 1 aliphatic heterocycles. The van der Waals surface area contributed by atoms with E-state index in [1.165, 1.54) is 0 Å². The van der Waals surface area contributed by atoms with Crippen LogP contribution in [0.2, 0.25) is 0 Å². The average Bonchev–Trinajstić information content (AvgIpc) is 3.01. The van der Waals surface area contributed by atoms with Crippen LogP contribution in [0.25, 0.3) is 0 Å². The molecule has 0 radical (unpaired) electrons. The number of anilines is 1. The van der Waals surface area contributed by atoms with Crippen molar-refractivity contribution in [2.45, 2.75) is 25.4 Å². The number of rotatable bonds is 3. The van der Waals surface area contributed by atoms with Crippen LogP contribution in [0.15, 0.2) is 51.4 Å². The first-order valence-electron chi connectivity index (χ1n) is 7.36. The monoisotopic (exact) mass is 437 g/mol. The predicted octanol–water partition coefficient (Wildman–Crippen LogP) is 4.07. The Morgan fingerprint density at radius 3 is 2.48 bits per heavy atom. The van der Waals surface area contributed by atoms with Crippen LogP contribution in [0.5, 0.6) is 0 Å². The summed E-state index contributed by atoms with van der Waals surface area (Å²) in [5.74, 6) is -0.0254. The van der Waals surface area contributed by atoms with E-state index in [9.17, 15) is 4.79 Å². The Morgan fingerprint density at radius 2 is 1.78 bits per heavy atom. The van der Waals surface area contributed by atoms with Gasteiger partial charge in [-0.15, -0.1) is 0 Å². The Hall–Kier alpha value is -1.21. The molecule has 2 unspecified atom stereocenters. The van der Waals surface area contributed by atoms with E-state index < -0.39 is 0 Å². The highest BCUT2D eigenvalue weighted by Crippen LogP contribution is 2.25. The van der Waals surface area contributed by atoms with Crippen LogP contribution in [-0.4, -0.2) is 11.9 Å². The van der Waals surface area contributed by atoms with Gasteiger partial charge in [-0.3, -0.25) is 4.79 Å². The highest BCUT2D eigenvalue weighted by molar-refractivity contribution is 9.10. The zero-order valence-electron chi connectivity index (χ0n) is 12.6. The van der Waals surface area contributed by atoms with Gasteiger partial charge in [0.1, 0.15) is 6.04 Å². The van der Waals surface area contributed by atoms with E-state index in [1.807, 2.05) is 37.3 Å². The molecule has 1 aliphatic rings. The lowest BCUT2D eigenvalue weighted by Gasteiger charge is -2.13. The summed E-state index contributed by atoms with van der Waals surface area (Å²) in [7, 11) is 0. The van der Waals surface area contributed by atoms with E-state index in [-0.39, 0.29) is 18.0 Å². The van der Waals surface area contributed by atoms with Crippen molar-refractivity contribution in [1.29, 1.82) is 0 Å². The predicted molar refractivity (Wildman–Crippen MR) is 99.1 cm³/mol. The van der Waals surface area contributed by atoms with Crippen LogP contribution in [0.3, 0.4) is 0 Å². The smallest absolute Gasteiger partial charge is 0.242 e. The molecule has 3 N–H and O–H groups in total. The minimum Gasteiger partial charge on any atom is -0.324 e. The molecule has 0 spiro atoms. The molecule has 4 nitrogen and oxygen atoms in total. The van der Waals surface area contributed by atoms with Gasteiger partial charge < -0.3 is 5.32 Å². The highest BCUT2D eigenvalue weighted by atomic mass is 79.9. The molecule has 1 saturated heterocycles. The third-order valence-corrected chi connectivity index (χ3v) is 4.96. The van der Waals surface area contributed by atoms with Gasteiger partial charge in [-0.25, -0.2) is 10.9 Å². The van der Waals surface area contributed by atoms with Gasteiger partial charge in [0.2, 0.25) is 5.91 Å². The third-order valence-electron chi connectivity index (χ3n) is 3.94. The fraction of sp³-hybridized carbons (Fsp3) is 0.235. The van der Waals surface area contributed by atoms with Crippen molar-refractivity contribution in [3.8, 4) is 0 Å². The van der Waals surface area contributed by atoms with E-state index in [2.05, 4.69) is 60.2 Å². The van der Waals surface area contributed by atoms with Gasteiger partial charge in [-0.05, 0) is 54.8 Å². The molecule has 1 amide bonds. The van der Waals surface area contributed by atoms with E-state index in [0.717, 1.165) is 25.8 Å². The van der Waals surface area contributed by atoms with Gasteiger partial charge >= 0.3 is 0 Å². The maximum atomic E-state index is 12.5. The van der Waals surface area contributed by atoms with Crippen LogP contribution < -0.4 is 16.2 Å². The number of carbonyl (C=O) groups is 1. The number of hydrogen-bond acceptors (Lipinski definition) is 3. The second-order valence-corrected chi connectivity index (χ2v) is 7.46. The molecule has 0 saturated carbocycles. The van der Waals surface area contributed by atoms with Crippen molar-refractivity contribution in [1.82, 2.24) is 10.9 Å². The zero-order valence-corrected chi connectivity index (χ0v) is 15.7. The lowest BCUT2D eigenvalue weighted by atomic mass is 10.0. The molecule has 2 aromatic rings. The lowest BCUT2D eigenvalue weighted by Crippen LogP contribution is -2.39. The van der Waals surface area contributed by atoms with Crippen LogP contribution >= 0.6 is 31.9 Å². The first kappa shape index (κ1) is 16.6. The largest absolute Gasteiger partial charge is 0.324 e. The first-order chi connectivity index (χ1) is 11.0. The van der Waals surface area contributed by atoms with Gasteiger partial charge in [-0.2, -0.15) is 0 Å². The van der Waals surface area contributed by atoms with Gasteiger partial charge in [0.15, 0.2) is 0 Å². The Bertz CT molecular complexity index is 718. The number of nitrogens with one attached hydrogen (secondary N) is 3. The number of amides is 1. The number of benzene rings is 2. The molecule has 0 aromatic heterocycles. The number of hydrazine groups is 1. The first-order valence-corrected chi connectivity index (χ1v) is 8.95. The summed E-state index contributed by atoms with van der Waals surface area (Å²) in [5, 5.41) is 2.99. The number of hydrogen-bond donors (Lipinski definition) is 3. The van der Waals surface area contributed by atoms with Crippen molar-refractivity contribution < 1.29 is 4.79 Å². The fourth-order valence-corrected chi connectivity index (χ4v) is 3.37. The molecular formula is C17H17Br2N3O. The van der Waals surface area contributed by atoms with E-state index in [0.29, 0.717) is 6.42 Å². The molecular weight excluding hydrogens is 422 g/mol. The molecule has 0 bridgehead atoms. The van der Waals surface area contributed by atoms with Gasteiger partial charge in [0.05, 0.1) is 0 Å². The molecule has 2 atom stereocenters. The average molecular weight is 439 g/mol. The standard InChI is InChI=1S/C17H17Br2N3O/c1-10-8-13(19)6-7-14(10)20-17(23)16-9-15(21-22-16)11-2-4-12(18)5-3-11/h2-8,15-16,21-22H,9H2,1H3,(H,20,23). The fourth-order valence-electron chi connectivity index (χ4n) is 2.63. The second-order valence-electron chi connectivity index (χ2n) is 5.63. The summed E-state index contributed by atoms with van der Waals surface area (Å²) in [6.07, 6.45) is 0.711. The van der Waals surface area contributed by atoms with Crippen molar-refractivity contribution in [2.24, 2.45) is 0 Å². The van der Waals surface area contributed by atoms with Crippen molar-refractivity contribution in [3.05, 3.63) is 62.5 Å². The molecule has 1 fully saturated rings. The van der Waals surface area contributed by atoms with E-state index in [4.69, 9.17) is 0 Å². The summed E-state index contributed by atoms with van der Waals surface area (Å²) in [6, 6.07) is 13.8. The Balaban J connectivity index is 1.64. The minimum absolute atomic E-state index is 0.0254.